The predicted molar refractivity (Wildman–Crippen MR) is 119 cm³/mol. The fourth-order valence-corrected chi connectivity index (χ4v) is 4.92. The van der Waals surface area contributed by atoms with Crippen molar-refractivity contribution in [2.24, 2.45) is 5.92 Å². The van der Waals surface area contributed by atoms with Gasteiger partial charge in [-0.2, -0.15) is 16.5 Å². The number of rotatable bonds is 10. The summed E-state index contributed by atoms with van der Waals surface area (Å²) in [6.45, 7) is 3.62. The van der Waals surface area contributed by atoms with Crippen molar-refractivity contribution in [3.63, 3.8) is 0 Å². The highest BCUT2D eigenvalue weighted by Crippen LogP contribution is 2.20. The lowest BCUT2D eigenvalue weighted by atomic mass is 10.1. The van der Waals surface area contributed by atoms with Gasteiger partial charge < -0.3 is 4.74 Å². The second kappa shape index (κ2) is 12.3. The third-order valence-corrected chi connectivity index (χ3v) is 6.92. The molecule has 2 rings (SSSR count). The van der Waals surface area contributed by atoms with Crippen LogP contribution in [0.5, 0.6) is 5.75 Å². The van der Waals surface area contributed by atoms with Crippen LogP contribution in [0.2, 0.25) is 0 Å². The number of nitrogens with zero attached hydrogens (tertiary/aromatic N) is 1. The van der Waals surface area contributed by atoms with Gasteiger partial charge in [-0.25, -0.2) is 13.9 Å². The lowest BCUT2D eigenvalue weighted by Gasteiger charge is -2.23. The van der Waals surface area contributed by atoms with Crippen LogP contribution in [0.25, 0.3) is 0 Å². The first-order valence-electron chi connectivity index (χ1n) is 9.55. The highest BCUT2D eigenvalue weighted by Gasteiger charge is 2.30. The van der Waals surface area contributed by atoms with Crippen molar-refractivity contribution in [2.45, 2.75) is 37.0 Å². The third-order valence-electron chi connectivity index (χ3n) is 4.17. The summed E-state index contributed by atoms with van der Waals surface area (Å²) in [5.74, 6) is 3.09. The first-order valence-corrected chi connectivity index (χ1v) is 12.2. The minimum Gasteiger partial charge on any atom is -0.408 e. The standard InChI is InChI=1S/C21H25N3O5S2/c1-3-4-12-29-18-7-9-19(10-8-18)31(27,28)24-20(21(25)23-26)16(2)14-30-15-17-6-5-11-22-13-17/h5-11,13,16,20,24,26H,3,14-15H2,1-2H3,(H,23,25). The first-order chi connectivity index (χ1) is 14.9. The number of amides is 1. The minimum absolute atomic E-state index is 0.0331. The normalized spacial score (nSPS) is 12.9. The number of aromatic nitrogens is 1. The molecule has 0 fully saturated rings. The van der Waals surface area contributed by atoms with Crippen LogP contribution in [0.1, 0.15) is 25.8 Å². The number of thioether (sulfide) groups is 1. The van der Waals surface area contributed by atoms with Gasteiger partial charge in [0.1, 0.15) is 17.9 Å². The van der Waals surface area contributed by atoms with Gasteiger partial charge in [-0.15, -0.1) is 0 Å². The third kappa shape index (κ3) is 7.88. The van der Waals surface area contributed by atoms with Gasteiger partial charge in [-0.05, 0) is 47.6 Å². The van der Waals surface area contributed by atoms with E-state index in [9.17, 15) is 13.2 Å². The molecular formula is C21H25N3O5S2. The minimum atomic E-state index is -4.01. The van der Waals surface area contributed by atoms with E-state index < -0.39 is 27.9 Å². The summed E-state index contributed by atoms with van der Waals surface area (Å²) in [5, 5.41) is 9.09. The lowest BCUT2D eigenvalue weighted by Crippen LogP contribution is -2.50. The molecule has 2 unspecified atom stereocenters. The molecule has 0 saturated carbocycles. The fraction of sp³-hybridized carbons (Fsp3) is 0.333. The molecule has 166 valence electrons. The number of sulfonamides is 1. The molecule has 0 aliphatic heterocycles. The molecule has 31 heavy (non-hydrogen) atoms. The maximum Gasteiger partial charge on any atom is 0.261 e. The molecule has 1 aromatic heterocycles. The topological polar surface area (TPSA) is 118 Å². The van der Waals surface area contributed by atoms with Crippen molar-refractivity contribution in [3.05, 3.63) is 54.4 Å². The summed E-state index contributed by atoms with van der Waals surface area (Å²) in [6, 6.07) is 8.31. The van der Waals surface area contributed by atoms with Gasteiger partial charge in [-0.3, -0.25) is 15.0 Å². The molecule has 0 saturated heterocycles. The number of pyridine rings is 1. The summed E-state index contributed by atoms with van der Waals surface area (Å²) >= 11 is 1.54. The second-order valence-corrected chi connectivity index (χ2v) is 9.38. The number of ether oxygens (including phenoxy) is 1. The highest BCUT2D eigenvalue weighted by atomic mass is 32.2. The van der Waals surface area contributed by atoms with Crippen LogP contribution < -0.4 is 14.9 Å². The number of hydrogen-bond acceptors (Lipinski definition) is 7. The van der Waals surface area contributed by atoms with Gasteiger partial charge in [0.15, 0.2) is 0 Å². The van der Waals surface area contributed by atoms with Crippen LogP contribution in [0.15, 0.2) is 53.7 Å². The van der Waals surface area contributed by atoms with E-state index in [0.717, 1.165) is 5.56 Å². The maximum absolute atomic E-state index is 12.8. The van der Waals surface area contributed by atoms with Gasteiger partial charge in [0, 0.05) is 24.6 Å². The molecule has 1 heterocycles. The molecule has 0 aliphatic carbocycles. The Labute approximate surface area is 186 Å². The first kappa shape index (κ1) is 24.7. The summed E-state index contributed by atoms with van der Waals surface area (Å²) in [5.41, 5.74) is 2.57. The van der Waals surface area contributed by atoms with Gasteiger partial charge in [-0.1, -0.05) is 25.8 Å². The van der Waals surface area contributed by atoms with Crippen molar-refractivity contribution in [1.29, 1.82) is 0 Å². The van der Waals surface area contributed by atoms with E-state index in [1.54, 1.807) is 24.8 Å². The predicted octanol–water partition coefficient (Wildman–Crippen LogP) is 2.55. The van der Waals surface area contributed by atoms with Gasteiger partial charge in [0.05, 0.1) is 4.90 Å². The van der Waals surface area contributed by atoms with Crippen LogP contribution in [-0.4, -0.2) is 36.3 Å². The average molecular weight is 464 g/mol. The number of carbonyl (C=O) groups excluding carboxylic acids is 1. The molecule has 2 atom stereocenters. The Hall–Kier alpha value is -2.58. The Balaban J connectivity index is 2.04. The number of hydrogen-bond donors (Lipinski definition) is 3. The summed E-state index contributed by atoms with van der Waals surface area (Å²) in [7, 11) is -4.01. The number of benzene rings is 1. The van der Waals surface area contributed by atoms with Crippen LogP contribution in [0, 0.1) is 17.9 Å². The van der Waals surface area contributed by atoms with Crippen molar-refractivity contribution in [2.75, 3.05) is 5.75 Å². The molecule has 3 N–H and O–H groups in total. The van der Waals surface area contributed by atoms with E-state index in [-0.39, 0.29) is 4.90 Å². The van der Waals surface area contributed by atoms with E-state index in [1.165, 1.54) is 36.0 Å². The monoisotopic (exact) mass is 463 g/mol. The highest BCUT2D eigenvalue weighted by molar-refractivity contribution is 7.98. The summed E-state index contributed by atoms with van der Waals surface area (Å²) in [6.07, 6.45) is 6.59. The SMILES string of the molecule is CCC#COc1ccc(S(=O)(=O)NC(C(=O)NO)C(C)CSCc2cccnc2)cc1. The van der Waals surface area contributed by atoms with Crippen molar-refractivity contribution in [1.82, 2.24) is 15.2 Å². The second-order valence-electron chi connectivity index (χ2n) is 6.63. The Morgan fingerprint density at radius 1 is 1.29 bits per heavy atom. The van der Waals surface area contributed by atoms with Crippen LogP contribution in [0.3, 0.4) is 0 Å². The van der Waals surface area contributed by atoms with E-state index in [1.807, 2.05) is 19.1 Å². The van der Waals surface area contributed by atoms with Crippen LogP contribution in [-0.2, 0) is 20.6 Å². The van der Waals surface area contributed by atoms with Crippen LogP contribution >= 0.6 is 11.8 Å². The number of nitrogens with one attached hydrogen (secondary N) is 2. The molecule has 0 bridgehead atoms. The Morgan fingerprint density at radius 2 is 2.03 bits per heavy atom. The van der Waals surface area contributed by atoms with Crippen LogP contribution in [0.4, 0.5) is 0 Å². The Bertz CT molecular complexity index is 1000. The van der Waals surface area contributed by atoms with Gasteiger partial charge in [0.25, 0.3) is 5.91 Å². The summed E-state index contributed by atoms with van der Waals surface area (Å²) in [4.78, 5) is 16.2. The molecule has 0 spiro atoms. The lowest BCUT2D eigenvalue weighted by molar-refractivity contribution is -0.131. The molecule has 0 aliphatic rings. The van der Waals surface area contributed by atoms with E-state index in [2.05, 4.69) is 21.7 Å². The molecule has 2 aromatic rings. The summed E-state index contributed by atoms with van der Waals surface area (Å²) < 4.78 is 33.1. The van der Waals surface area contributed by atoms with E-state index >= 15 is 0 Å². The zero-order valence-corrected chi connectivity index (χ0v) is 18.9. The quantitative estimate of drug-likeness (QED) is 0.282. The zero-order valence-electron chi connectivity index (χ0n) is 17.2. The smallest absolute Gasteiger partial charge is 0.261 e. The Morgan fingerprint density at radius 3 is 2.65 bits per heavy atom. The average Bonchev–Trinajstić information content (AvgIpc) is 2.78. The zero-order chi connectivity index (χ0) is 22.7. The van der Waals surface area contributed by atoms with Crippen molar-refractivity contribution < 1.29 is 23.2 Å². The molecule has 1 amide bonds. The van der Waals surface area contributed by atoms with E-state index in [4.69, 9.17) is 9.94 Å². The van der Waals surface area contributed by atoms with Crippen molar-refractivity contribution in [3.8, 4) is 17.8 Å². The molecule has 1 aromatic carbocycles. The van der Waals surface area contributed by atoms with Gasteiger partial charge >= 0.3 is 0 Å². The van der Waals surface area contributed by atoms with Crippen molar-refractivity contribution >= 4 is 27.7 Å². The number of carbonyl (C=O) groups is 1. The largest absolute Gasteiger partial charge is 0.408 e. The molecule has 0 radical (unpaired) electrons. The molecule has 10 heteroatoms. The van der Waals surface area contributed by atoms with Gasteiger partial charge in [0.2, 0.25) is 10.0 Å². The molecule has 8 nitrogen and oxygen atoms in total. The number of hydroxylamine groups is 1. The van der Waals surface area contributed by atoms with E-state index in [0.29, 0.717) is 23.7 Å². The maximum atomic E-state index is 12.8. The fourth-order valence-electron chi connectivity index (χ4n) is 2.53. The molecular weight excluding hydrogens is 438 g/mol. The Kier molecular flexibility index (Phi) is 9.81.